The van der Waals surface area contributed by atoms with Gasteiger partial charge in [0.15, 0.2) is 0 Å². The van der Waals surface area contributed by atoms with Crippen LogP contribution in [0.3, 0.4) is 0 Å². The van der Waals surface area contributed by atoms with Crippen LogP contribution in [0.25, 0.3) is 0 Å². The van der Waals surface area contributed by atoms with Crippen LogP contribution < -0.4 is 5.73 Å². The van der Waals surface area contributed by atoms with E-state index < -0.39 is 0 Å². The molecule has 0 aliphatic rings. The van der Waals surface area contributed by atoms with Crippen molar-refractivity contribution in [2.75, 3.05) is 20.1 Å². The van der Waals surface area contributed by atoms with Gasteiger partial charge in [0.2, 0.25) is 0 Å². The average molecular weight is 200 g/mol. The first-order valence-electron chi connectivity index (χ1n) is 5.93. The maximum Gasteiger partial charge on any atom is 0.0323 e. The molecule has 0 radical (unpaired) electrons. The van der Waals surface area contributed by atoms with Gasteiger partial charge < -0.3 is 5.73 Å². The summed E-state index contributed by atoms with van der Waals surface area (Å²) in [7, 11) is 2.21. The predicted octanol–water partition coefficient (Wildman–Crippen LogP) is 2.48. The first-order chi connectivity index (χ1) is 6.52. The molecule has 2 nitrogen and oxygen atoms in total. The van der Waals surface area contributed by atoms with Crippen molar-refractivity contribution in [3.63, 3.8) is 0 Å². The summed E-state index contributed by atoms with van der Waals surface area (Å²) >= 11 is 0. The molecule has 0 fully saturated rings. The number of hydrogen-bond donors (Lipinski definition) is 1. The Morgan fingerprint density at radius 1 is 1.21 bits per heavy atom. The maximum atomic E-state index is 5.89. The van der Waals surface area contributed by atoms with E-state index in [1.807, 2.05) is 0 Å². The van der Waals surface area contributed by atoms with Gasteiger partial charge in [0.25, 0.3) is 0 Å². The third kappa shape index (κ3) is 3.58. The average Bonchev–Trinajstić information content (AvgIpc) is 2.18. The van der Waals surface area contributed by atoms with Crippen molar-refractivity contribution >= 4 is 0 Å². The van der Waals surface area contributed by atoms with Crippen LogP contribution in [0.2, 0.25) is 0 Å². The molecule has 86 valence electrons. The SMILES string of the molecule is CCC(CC)(CN)N(C)CCC(C)C. The van der Waals surface area contributed by atoms with E-state index in [2.05, 4.69) is 39.6 Å². The first kappa shape index (κ1) is 13.9. The fourth-order valence-electron chi connectivity index (χ4n) is 1.92. The highest BCUT2D eigenvalue weighted by Gasteiger charge is 2.28. The van der Waals surface area contributed by atoms with Crippen LogP contribution in [0.5, 0.6) is 0 Å². The van der Waals surface area contributed by atoms with Crippen molar-refractivity contribution in [1.29, 1.82) is 0 Å². The molecule has 0 heterocycles. The maximum absolute atomic E-state index is 5.89. The largest absolute Gasteiger partial charge is 0.329 e. The summed E-state index contributed by atoms with van der Waals surface area (Å²) in [5.41, 5.74) is 6.13. The van der Waals surface area contributed by atoms with Crippen LogP contribution >= 0.6 is 0 Å². The Hall–Kier alpha value is -0.0800. The first-order valence-corrected chi connectivity index (χ1v) is 5.93. The molecule has 0 aromatic heterocycles. The van der Waals surface area contributed by atoms with Crippen molar-refractivity contribution in [1.82, 2.24) is 4.90 Å². The topological polar surface area (TPSA) is 29.3 Å². The van der Waals surface area contributed by atoms with Crippen molar-refractivity contribution in [3.8, 4) is 0 Å². The van der Waals surface area contributed by atoms with Gasteiger partial charge >= 0.3 is 0 Å². The predicted molar refractivity (Wildman–Crippen MR) is 64.5 cm³/mol. The Labute approximate surface area is 89.9 Å². The Kier molecular flexibility index (Phi) is 6.38. The summed E-state index contributed by atoms with van der Waals surface area (Å²) in [5, 5.41) is 0. The quantitative estimate of drug-likeness (QED) is 0.684. The Balaban J connectivity index is 4.21. The third-order valence-electron chi connectivity index (χ3n) is 3.55. The standard InChI is InChI=1S/C12H28N2/c1-6-12(7-2,10-13)14(5)9-8-11(3)4/h11H,6-10,13H2,1-5H3. The number of hydrogen-bond acceptors (Lipinski definition) is 2. The summed E-state index contributed by atoms with van der Waals surface area (Å²) < 4.78 is 0. The molecule has 0 atom stereocenters. The van der Waals surface area contributed by atoms with E-state index in [0.29, 0.717) is 0 Å². The van der Waals surface area contributed by atoms with Gasteiger partial charge in [-0.05, 0) is 38.8 Å². The normalized spacial score (nSPS) is 12.9. The zero-order valence-corrected chi connectivity index (χ0v) is 10.6. The minimum absolute atomic E-state index is 0.231. The molecule has 0 rings (SSSR count). The van der Waals surface area contributed by atoms with E-state index in [-0.39, 0.29) is 5.54 Å². The Morgan fingerprint density at radius 3 is 2.00 bits per heavy atom. The van der Waals surface area contributed by atoms with E-state index >= 15 is 0 Å². The van der Waals surface area contributed by atoms with Crippen molar-refractivity contribution in [3.05, 3.63) is 0 Å². The van der Waals surface area contributed by atoms with Gasteiger partial charge in [0.05, 0.1) is 0 Å². The highest BCUT2D eigenvalue weighted by atomic mass is 15.2. The molecule has 0 saturated heterocycles. The smallest absolute Gasteiger partial charge is 0.0323 e. The molecule has 2 heteroatoms. The lowest BCUT2D eigenvalue weighted by Crippen LogP contribution is -2.51. The second-order valence-electron chi connectivity index (χ2n) is 4.74. The molecule has 0 spiro atoms. The second kappa shape index (κ2) is 6.41. The molecule has 0 aliphatic heterocycles. The van der Waals surface area contributed by atoms with Crippen LogP contribution in [-0.4, -0.2) is 30.6 Å². The van der Waals surface area contributed by atoms with Gasteiger partial charge in [-0.25, -0.2) is 0 Å². The van der Waals surface area contributed by atoms with Crippen LogP contribution in [0.1, 0.15) is 47.0 Å². The number of likely N-dealkylation sites (N-methyl/N-ethyl adjacent to an activating group) is 1. The summed E-state index contributed by atoms with van der Waals surface area (Å²) in [6.07, 6.45) is 3.56. The van der Waals surface area contributed by atoms with Crippen LogP contribution in [0.4, 0.5) is 0 Å². The van der Waals surface area contributed by atoms with E-state index in [1.54, 1.807) is 0 Å². The van der Waals surface area contributed by atoms with Crippen molar-refractivity contribution in [2.45, 2.75) is 52.5 Å². The van der Waals surface area contributed by atoms with Crippen molar-refractivity contribution < 1.29 is 0 Å². The molecule has 2 N–H and O–H groups in total. The van der Waals surface area contributed by atoms with E-state index in [4.69, 9.17) is 5.73 Å². The van der Waals surface area contributed by atoms with Crippen LogP contribution in [0, 0.1) is 5.92 Å². The van der Waals surface area contributed by atoms with Gasteiger partial charge in [-0.3, -0.25) is 4.90 Å². The number of nitrogens with two attached hydrogens (primary N) is 1. The molecular formula is C12H28N2. The van der Waals surface area contributed by atoms with Gasteiger partial charge in [-0.15, -0.1) is 0 Å². The Bertz CT molecular complexity index is 131. The molecule has 0 aliphatic carbocycles. The lowest BCUT2D eigenvalue weighted by atomic mass is 9.90. The lowest BCUT2D eigenvalue weighted by Gasteiger charge is -2.40. The molecular weight excluding hydrogens is 172 g/mol. The third-order valence-corrected chi connectivity index (χ3v) is 3.55. The van der Waals surface area contributed by atoms with E-state index in [1.165, 1.54) is 6.42 Å². The van der Waals surface area contributed by atoms with E-state index in [0.717, 1.165) is 31.8 Å². The van der Waals surface area contributed by atoms with Gasteiger partial charge in [0.1, 0.15) is 0 Å². The monoisotopic (exact) mass is 200 g/mol. The molecule has 0 aromatic rings. The van der Waals surface area contributed by atoms with Crippen LogP contribution in [-0.2, 0) is 0 Å². The minimum Gasteiger partial charge on any atom is -0.329 e. The molecule has 14 heavy (non-hydrogen) atoms. The highest BCUT2D eigenvalue weighted by Crippen LogP contribution is 2.21. The molecule has 0 amide bonds. The van der Waals surface area contributed by atoms with Gasteiger partial charge in [0, 0.05) is 12.1 Å². The zero-order chi connectivity index (χ0) is 11.2. The van der Waals surface area contributed by atoms with E-state index in [9.17, 15) is 0 Å². The summed E-state index contributed by atoms with van der Waals surface area (Å²) in [4.78, 5) is 2.45. The van der Waals surface area contributed by atoms with Crippen LogP contribution in [0.15, 0.2) is 0 Å². The van der Waals surface area contributed by atoms with Crippen molar-refractivity contribution in [2.24, 2.45) is 11.7 Å². The molecule has 0 unspecified atom stereocenters. The molecule has 0 aromatic carbocycles. The Morgan fingerprint density at radius 2 is 1.71 bits per heavy atom. The fourth-order valence-corrected chi connectivity index (χ4v) is 1.92. The minimum atomic E-state index is 0.231. The number of nitrogens with zero attached hydrogens (tertiary/aromatic N) is 1. The summed E-state index contributed by atoms with van der Waals surface area (Å²) in [5.74, 6) is 0.779. The second-order valence-corrected chi connectivity index (χ2v) is 4.74. The van der Waals surface area contributed by atoms with Gasteiger partial charge in [-0.2, -0.15) is 0 Å². The lowest BCUT2D eigenvalue weighted by molar-refractivity contribution is 0.110. The highest BCUT2D eigenvalue weighted by molar-refractivity contribution is 4.87. The molecule has 0 bridgehead atoms. The van der Waals surface area contributed by atoms with Gasteiger partial charge in [-0.1, -0.05) is 27.7 Å². The zero-order valence-electron chi connectivity index (χ0n) is 10.6. The summed E-state index contributed by atoms with van der Waals surface area (Å²) in [6, 6.07) is 0. The summed E-state index contributed by atoms with van der Waals surface area (Å²) in [6.45, 7) is 11.0. The molecule has 0 saturated carbocycles. The number of rotatable bonds is 7. The fraction of sp³-hybridized carbons (Fsp3) is 1.00.